The van der Waals surface area contributed by atoms with Gasteiger partial charge in [0, 0.05) is 22.9 Å². The van der Waals surface area contributed by atoms with Crippen molar-refractivity contribution in [3.63, 3.8) is 0 Å². The molecule has 146 valence electrons. The Morgan fingerprint density at radius 3 is 2.90 bits per heavy atom. The molecule has 5 rings (SSSR count). The third-order valence-corrected chi connectivity index (χ3v) is 7.41. The molecule has 29 heavy (non-hydrogen) atoms. The lowest BCUT2D eigenvalue weighted by atomic mass is 10.2. The molecular weight excluding hydrogens is 426 g/mol. The lowest BCUT2D eigenvalue weighted by Crippen LogP contribution is -2.12. The van der Waals surface area contributed by atoms with Gasteiger partial charge < -0.3 is 14.0 Å². The van der Waals surface area contributed by atoms with Gasteiger partial charge in [-0.1, -0.05) is 17.8 Å². The minimum absolute atomic E-state index is 0.105. The Morgan fingerprint density at radius 2 is 2.14 bits per heavy atom. The van der Waals surface area contributed by atoms with Crippen molar-refractivity contribution in [1.82, 2.24) is 24.7 Å². The van der Waals surface area contributed by atoms with Crippen LogP contribution in [0.3, 0.4) is 0 Å². The Balaban J connectivity index is 1.46. The number of hydrogen-bond donors (Lipinski definition) is 1. The molecule has 0 fully saturated rings. The molecule has 5 aromatic heterocycles. The average molecular weight is 442 g/mol. The number of furan rings is 1. The second kappa shape index (κ2) is 7.29. The zero-order valence-corrected chi connectivity index (χ0v) is 17.9. The fourth-order valence-corrected chi connectivity index (χ4v) is 5.66. The Morgan fingerprint density at radius 1 is 1.24 bits per heavy atom. The van der Waals surface area contributed by atoms with Crippen LogP contribution in [0.2, 0.25) is 0 Å². The van der Waals surface area contributed by atoms with E-state index in [1.54, 1.807) is 17.6 Å². The van der Waals surface area contributed by atoms with E-state index in [4.69, 9.17) is 9.40 Å². The number of aromatic nitrogens is 5. The average Bonchev–Trinajstić information content (AvgIpc) is 3.49. The number of H-pyrrole nitrogens is 1. The van der Waals surface area contributed by atoms with E-state index in [2.05, 4.69) is 15.2 Å². The molecule has 1 N–H and O–H groups in total. The maximum Gasteiger partial charge on any atom is 0.260 e. The molecule has 1 atom stereocenters. The van der Waals surface area contributed by atoms with Crippen LogP contribution in [-0.2, 0) is 7.05 Å². The van der Waals surface area contributed by atoms with Crippen molar-refractivity contribution >= 4 is 44.7 Å². The second-order valence-corrected chi connectivity index (χ2v) is 9.47. The molecule has 0 saturated heterocycles. The predicted octanol–water partition coefficient (Wildman–Crippen LogP) is 4.95. The Hall–Kier alpha value is -2.69. The molecular formula is C19H15N5O2S3. The van der Waals surface area contributed by atoms with Crippen LogP contribution >= 0.6 is 34.4 Å². The summed E-state index contributed by atoms with van der Waals surface area (Å²) < 4.78 is 7.28. The third-order valence-electron chi connectivity index (χ3n) is 4.49. The van der Waals surface area contributed by atoms with Crippen molar-refractivity contribution in [3.8, 4) is 22.0 Å². The summed E-state index contributed by atoms with van der Waals surface area (Å²) in [5.74, 6) is 1.93. The van der Waals surface area contributed by atoms with Gasteiger partial charge in [0.05, 0.1) is 16.9 Å². The lowest BCUT2D eigenvalue weighted by molar-refractivity contribution is 0.572. The SMILES string of the molecule is CC(Sc1nnc(-c2ccco2)n1C)c1nc2scc(-c3cccs3)c2c(=O)[nH]1. The largest absolute Gasteiger partial charge is 0.461 e. The van der Waals surface area contributed by atoms with Gasteiger partial charge in [0.1, 0.15) is 10.7 Å². The van der Waals surface area contributed by atoms with E-state index < -0.39 is 0 Å². The van der Waals surface area contributed by atoms with Gasteiger partial charge in [0.15, 0.2) is 16.7 Å². The quantitative estimate of drug-likeness (QED) is 0.388. The van der Waals surface area contributed by atoms with Gasteiger partial charge in [-0.05, 0) is 30.5 Å². The van der Waals surface area contributed by atoms with Crippen LogP contribution in [0.4, 0.5) is 0 Å². The number of rotatable bonds is 5. The number of nitrogens with one attached hydrogen (secondary N) is 1. The molecule has 0 amide bonds. The molecule has 0 saturated carbocycles. The number of thiophene rings is 2. The fraction of sp³-hybridized carbons (Fsp3) is 0.158. The van der Waals surface area contributed by atoms with E-state index in [9.17, 15) is 4.79 Å². The summed E-state index contributed by atoms with van der Waals surface area (Å²) in [6.07, 6.45) is 1.61. The number of thioether (sulfide) groups is 1. The van der Waals surface area contributed by atoms with E-state index in [0.717, 1.165) is 20.4 Å². The Bertz CT molecular complexity index is 1330. The summed E-state index contributed by atoms with van der Waals surface area (Å²) in [5, 5.41) is 13.7. The minimum atomic E-state index is -0.115. The highest BCUT2D eigenvalue weighted by Gasteiger charge is 2.20. The summed E-state index contributed by atoms with van der Waals surface area (Å²) in [5.41, 5.74) is 0.827. The lowest BCUT2D eigenvalue weighted by Gasteiger charge is -2.10. The van der Waals surface area contributed by atoms with Crippen LogP contribution < -0.4 is 5.56 Å². The molecule has 0 spiro atoms. The van der Waals surface area contributed by atoms with Crippen molar-refractivity contribution in [2.45, 2.75) is 17.3 Å². The van der Waals surface area contributed by atoms with Crippen molar-refractivity contribution in [1.29, 1.82) is 0 Å². The van der Waals surface area contributed by atoms with Crippen molar-refractivity contribution < 1.29 is 4.42 Å². The number of nitrogens with zero attached hydrogens (tertiary/aromatic N) is 4. The van der Waals surface area contributed by atoms with Gasteiger partial charge in [-0.15, -0.1) is 32.9 Å². The molecule has 0 bridgehead atoms. The van der Waals surface area contributed by atoms with E-state index in [1.807, 2.05) is 53.6 Å². The fourth-order valence-electron chi connectivity index (χ4n) is 3.02. The molecule has 5 aromatic rings. The molecule has 0 aliphatic carbocycles. The summed E-state index contributed by atoms with van der Waals surface area (Å²) in [6.45, 7) is 1.99. The first-order chi connectivity index (χ1) is 14.1. The van der Waals surface area contributed by atoms with Gasteiger partial charge in [0.25, 0.3) is 5.56 Å². The first-order valence-corrected chi connectivity index (χ1v) is 11.4. The maximum absolute atomic E-state index is 12.8. The van der Waals surface area contributed by atoms with Crippen molar-refractivity contribution in [3.05, 3.63) is 57.5 Å². The van der Waals surface area contributed by atoms with Crippen LogP contribution in [-0.4, -0.2) is 24.7 Å². The highest BCUT2D eigenvalue weighted by atomic mass is 32.2. The molecule has 0 aliphatic heterocycles. The zero-order chi connectivity index (χ0) is 20.0. The molecule has 1 unspecified atom stereocenters. The summed E-state index contributed by atoms with van der Waals surface area (Å²) in [7, 11) is 1.89. The Labute approximate surface area is 177 Å². The van der Waals surface area contributed by atoms with Crippen LogP contribution in [0.1, 0.15) is 18.0 Å². The van der Waals surface area contributed by atoms with E-state index in [-0.39, 0.29) is 10.8 Å². The normalized spacial score (nSPS) is 12.6. The smallest absolute Gasteiger partial charge is 0.260 e. The standard InChI is InChI=1S/C19H15N5O2S3/c1-10(29-19-23-22-16(24(19)2)12-5-3-7-26-12)15-20-17(25)14-11(9-28-18(14)21-15)13-6-4-8-27-13/h3-10H,1-2H3,(H,20,21,25). The summed E-state index contributed by atoms with van der Waals surface area (Å²) in [4.78, 5) is 22.3. The number of aromatic amines is 1. The summed E-state index contributed by atoms with van der Waals surface area (Å²) >= 11 is 4.59. The molecule has 5 heterocycles. The molecule has 0 aromatic carbocycles. The number of fused-ring (bicyclic) bond motifs is 1. The van der Waals surface area contributed by atoms with Crippen LogP contribution in [0, 0.1) is 0 Å². The van der Waals surface area contributed by atoms with Crippen molar-refractivity contribution in [2.24, 2.45) is 7.05 Å². The van der Waals surface area contributed by atoms with Crippen LogP contribution in [0.5, 0.6) is 0 Å². The zero-order valence-electron chi connectivity index (χ0n) is 15.4. The summed E-state index contributed by atoms with van der Waals surface area (Å²) in [6, 6.07) is 7.66. The van der Waals surface area contributed by atoms with Crippen LogP contribution in [0.15, 0.2) is 55.7 Å². The van der Waals surface area contributed by atoms with Crippen LogP contribution in [0.25, 0.3) is 32.2 Å². The molecule has 7 nitrogen and oxygen atoms in total. The molecule has 10 heteroatoms. The highest BCUT2D eigenvalue weighted by Crippen LogP contribution is 2.36. The minimum Gasteiger partial charge on any atom is -0.461 e. The van der Waals surface area contributed by atoms with E-state index in [1.165, 1.54) is 23.1 Å². The van der Waals surface area contributed by atoms with Gasteiger partial charge in [-0.3, -0.25) is 4.79 Å². The number of hydrogen-bond acceptors (Lipinski definition) is 8. The van der Waals surface area contributed by atoms with Gasteiger partial charge in [-0.2, -0.15) is 0 Å². The topological polar surface area (TPSA) is 89.6 Å². The maximum atomic E-state index is 12.8. The van der Waals surface area contributed by atoms with Crippen molar-refractivity contribution in [2.75, 3.05) is 0 Å². The third kappa shape index (κ3) is 3.22. The van der Waals surface area contributed by atoms with E-state index in [0.29, 0.717) is 22.8 Å². The second-order valence-electron chi connectivity index (χ2n) is 6.36. The molecule has 0 aliphatic rings. The first kappa shape index (κ1) is 18.3. The molecule has 0 radical (unpaired) electrons. The predicted molar refractivity (Wildman–Crippen MR) is 117 cm³/mol. The van der Waals surface area contributed by atoms with Gasteiger partial charge in [0.2, 0.25) is 0 Å². The monoisotopic (exact) mass is 441 g/mol. The van der Waals surface area contributed by atoms with E-state index >= 15 is 0 Å². The van der Waals surface area contributed by atoms with Gasteiger partial charge >= 0.3 is 0 Å². The van der Waals surface area contributed by atoms with Gasteiger partial charge in [-0.25, -0.2) is 4.98 Å². The Kier molecular flexibility index (Phi) is 4.61. The first-order valence-electron chi connectivity index (χ1n) is 8.77. The highest BCUT2D eigenvalue weighted by molar-refractivity contribution is 7.99.